The van der Waals surface area contributed by atoms with Crippen LogP contribution in [0, 0.1) is 0 Å². The molecular weight excluding hydrogens is 366 g/mol. The van der Waals surface area contributed by atoms with E-state index in [2.05, 4.69) is 14.9 Å². The van der Waals surface area contributed by atoms with E-state index in [1.165, 1.54) is 11.5 Å². The topological polar surface area (TPSA) is 71.3 Å². The van der Waals surface area contributed by atoms with E-state index in [1.807, 2.05) is 0 Å². The highest BCUT2D eigenvalue weighted by atomic mass is 35.5. The second kappa shape index (κ2) is 7.00. The van der Waals surface area contributed by atoms with Crippen molar-refractivity contribution in [1.29, 1.82) is 0 Å². The molecule has 138 valence electrons. The van der Waals surface area contributed by atoms with Gasteiger partial charge >= 0.3 is 0 Å². The third-order valence-corrected chi connectivity index (χ3v) is 4.97. The van der Waals surface area contributed by atoms with Gasteiger partial charge in [0.1, 0.15) is 0 Å². The Morgan fingerprint density at radius 2 is 1.78 bits per heavy atom. The highest BCUT2D eigenvalue weighted by molar-refractivity contribution is 6.31. The van der Waals surface area contributed by atoms with Crippen LogP contribution in [0.5, 0.6) is 0 Å². The lowest BCUT2D eigenvalue weighted by Crippen LogP contribution is -2.49. The van der Waals surface area contributed by atoms with Crippen molar-refractivity contribution in [2.45, 2.75) is 6.92 Å². The normalized spacial score (nSPS) is 14.6. The number of aromatic nitrogens is 3. The van der Waals surface area contributed by atoms with Gasteiger partial charge in [-0.05, 0) is 18.2 Å². The number of anilines is 1. The van der Waals surface area contributed by atoms with Gasteiger partial charge < -0.3 is 9.80 Å². The minimum atomic E-state index is -0.160. The van der Waals surface area contributed by atoms with Crippen molar-refractivity contribution < 1.29 is 9.59 Å². The van der Waals surface area contributed by atoms with Crippen LogP contribution >= 0.6 is 11.6 Å². The molecule has 8 heteroatoms. The van der Waals surface area contributed by atoms with E-state index in [4.69, 9.17) is 11.6 Å². The van der Waals surface area contributed by atoms with Gasteiger partial charge in [0.05, 0.1) is 11.1 Å². The molecule has 1 aliphatic heterocycles. The summed E-state index contributed by atoms with van der Waals surface area (Å²) < 4.78 is 1.47. The molecule has 0 atom stereocenters. The van der Waals surface area contributed by atoms with E-state index in [1.54, 1.807) is 47.8 Å². The summed E-state index contributed by atoms with van der Waals surface area (Å²) >= 11 is 6.07. The largest absolute Gasteiger partial charge is 0.337 e. The molecule has 0 spiro atoms. The summed E-state index contributed by atoms with van der Waals surface area (Å²) in [5.74, 6) is 0.427. The van der Waals surface area contributed by atoms with E-state index < -0.39 is 0 Å². The summed E-state index contributed by atoms with van der Waals surface area (Å²) in [6.07, 6.45) is 5.03. The standard InChI is InChI=1S/C19H18ClN5O2/c1-13(26)25-12-16(15-4-3-14(20)11-17(15)25)18(27)23-7-9-24(10-8-23)19-21-5-2-6-22-19/h2-6,11-12H,7-10H2,1H3. The maximum absolute atomic E-state index is 13.1. The number of carbonyl (C=O) groups is 2. The Kier molecular flexibility index (Phi) is 4.53. The number of halogens is 1. The van der Waals surface area contributed by atoms with Crippen LogP contribution in [-0.4, -0.2) is 57.4 Å². The lowest BCUT2D eigenvalue weighted by Gasteiger charge is -2.34. The molecule has 0 saturated carbocycles. The van der Waals surface area contributed by atoms with E-state index in [0.717, 1.165) is 5.39 Å². The Morgan fingerprint density at radius 3 is 2.44 bits per heavy atom. The molecule has 3 aromatic rings. The zero-order chi connectivity index (χ0) is 19.0. The molecule has 1 aromatic carbocycles. The summed E-state index contributed by atoms with van der Waals surface area (Å²) in [6.45, 7) is 3.92. The molecule has 1 amide bonds. The fourth-order valence-electron chi connectivity index (χ4n) is 3.37. The average molecular weight is 384 g/mol. The Morgan fingerprint density at radius 1 is 1.07 bits per heavy atom. The zero-order valence-electron chi connectivity index (χ0n) is 14.8. The average Bonchev–Trinajstić information content (AvgIpc) is 3.07. The number of rotatable bonds is 2. The molecule has 0 aliphatic carbocycles. The first-order valence-electron chi connectivity index (χ1n) is 8.67. The van der Waals surface area contributed by atoms with Gasteiger partial charge in [-0.1, -0.05) is 17.7 Å². The van der Waals surface area contributed by atoms with Crippen LogP contribution in [0.3, 0.4) is 0 Å². The summed E-state index contributed by atoms with van der Waals surface area (Å²) in [5.41, 5.74) is 1.16. The number of benzene rings is 1. The van der Waals surface area contributed by atoms with Crippen LogP contribution < -0.4 is 4.90 Å². The SMILES string of the molecule is CC(=O)n1cc(C(=O)N2CCN(c3ncccn3)CC2)c2ccc(Cl)cc21. The van der Waals surface area contributed by atoms with Gasteiger partial charge in [0, 0.05) is 62.1 Å². The molecule has 0 radical (unpaired) electrons. The monoisotopic (exact) mass is 383 g/mol. The van der Waals surface area contributed by atoms with E-state index in [9.17, 15) is 9.59 Å². The maximum atomic E-state index is 13.1. The number of fused-ring (bicyclic) bond motifs is 1. The Labute approximate surface area is 161 Å². The first-order chi connectivity index (χ1) is 13.0. The number of amides is 1. The molecule has 27 heavy (non-hydrogen) atoms. The zero-order valence-corrected chi connectivity index (χ0v) is 15.6. The van der Waals surface area contributed by atoms with Crippen LogP contribution in [0.25, 0.3) is 10.9 Å². The lowest BCUT2D eigenvalue weighted by molar-refractivity contribution is 0.0748. The summed E-state index contributed by atoms with van der Waals surface area (Å²) in [5, 5.41) is 1.26. The highest BCUT2D eigenvalue weighted by Gasteiger charge is 2.26. The number of piperazine rings is 1. The quantitative estimate of drug-likeness (QED) is 0.680. The number of nitrogens with zero attached hydrogens (tertiary/aromatic N) is 5. The van der Waals surface area contributed by atoms with Crippen LogP contribution in [0.4, 0.5) is 5.95 Å². The third-order valence-electron chi connectivity index (χ3n) is 4.74. The first kappa shape index (κ1) is 17.5. The van der Waals surface area contributed by atoms with Crippen molar-refractivity contribution in [2.75, 3.05) is 31.1 Å². The summed E-state index contributed by atoms with van der Waals surface area (Å²) in [4.78, 5) is 37.4. The molecule has 1 aliphatic rings. The molecule has 4 rings (SSSR count). The molecule has 0 N–H and O–H groups in total. The van der Waals surface area contributed by atoms with Gasteiger partial charge in [0.2, 0.25) is 11.9 Å². The summed E-state index contributed by atoms with van der Waals surface area (Å²) in [7, 11) is 0. The third kappa shape index (κ3) is 3.26. The van der Waals surface area contributed by atoms with Gasteiger partial charge in [-0.25, -0.2) is 9.97 Å². The Bertz CT molecular complexity index is 1010. The van der Waals surface area contributed by atoms with E-state index in [-0.39, 0.29) is 11.8 Å². The van der Waals surface area contributed by atoms with Crippen LogP contribution in [-0.2, 0) is 0 Å². The first-order valence-corrected chi connectivity index (χ1v) is 9.05. The molecule has 0 unspecified atom stereocenters. The predicted octanol–water partition coefficient (Wildman–Crippen LogP) is 2.71. The van der Waals surface area contributed by atoms with Gasteiger partial charge in [0.25, 0.3) is 5.91 Å². The molecular formula is C19H18ClN5O2. The van der Waals surface area contributed by atoms with Gasteiger partial charge in [-0.2, -0.15) is 0 Å². The van der Waals surface area contributed by atoms with Crippen molar-refractivity contribution in [1.82, 2.24) is 19.4 Å². The van der Waals surface area contributed by atoms with Crippen molar-refractivity contribution in [3.8, 4) is 0 Å². The molecule has 1 saturated heterocycles. The maximum Gasteiger partial charge on any atom is 0.256 e. The predicted molar refractivity (Wildman–Crippen MR) is 103 cm³/mol. The second-order valence-electron chi connectivity index (χ2n) is 6.42. The van der Waals surface area contributed by atoms with Crippen LogP contribution in [0.2, 0.25) is 5.02 Å². The van der Waals surface area contributed by atoms with Crippen molar-refractivity contribution in [2.24, 2.45) is 0 Å². The van der Waals surface area contributed by atoms with Gasteiger partial charge in [0.15, 0.2) is 0 Å². The fourth-order valence-corrected chi connectivity index (χ4v) is 3.53. The fraction of sp³-hybridized carbons (Fsp3) is 0.263. The van der Waals surface area contributed by atoms with E-state index in [0.29, 0.717) is 48.2 Å². The molecule has 2 aromatic heterocycles. The Hall–Kier alpha value is -2.93. The molecule has 0 bridgehead atoms. The minimum absolute atomic E-state index is 0.0871. The Balaban J connectivity index is 1.58. The molecule has 3 heterocycles. The lowest BCUT2D eigenvalue weighted by atomic mass is 10.1. The number of carbonyl (C=O) groups excluding carboxylic acids is 2. The smallest absolute Gasteiger partial charge is 0.256 e. The van der Waals surface area contributed by atoms with Gasteiger partial charge in [-0.3, -0.25) is 14.2 Å². The minimum Gasteiger partial charge on any atom is -0.337 e. The van der Waals surface area contributed by atoms with Crippen LogP contribution in [0.1, 0.15) is 22.1 Å². The summed E-state index contributed by atoms with van der Waals surface area (Å²) in [6, 6.07) is 7.01. The molecule has 1 fully saturated rings. The number of hydrogen-bond donors (Lipinski definition) is 0. The van der Waals surface area contributed by atoms with Crippen molar-refractivity contribution in [3.05, 3.63) is 53.4 Å². The molecule has 7 nitrogen and oxygen atoms in total. The number of hydrogen-bond acceptors (Lipinski definition) is 5. The second-order valence-corrected chi connectivity index (χ2v) is 6.86. The van der Waals surface area contributed by atoms with E-state index >= 15 is 0 Å². The van der Waals surface area contributed by atoms with Crippen LogP contribution in [0.15, 0.2) is 42.9 Å². The van der Waals surface area contributed by atoms with Crippen molar-refractivity contribution >= 4 is 40.3 Å². The highest BCUT2D eigenvalue weighted by Crippen LogP contribution is 2.26. The van der Waals surface area contributed by atoms with Crippen molar-refractivity contribution in [3.63, 3.8) is 0 Å². The van der Waals surface area contributed by atoms with Gasteiger partial charge in [-0.15, -0.1) is 0 Å².